The van der Waals surface area contributed by atoms with Gasteiger partial charge in [0.15, 0.2) is 0 Å². The lowest BCUT2D eigenvalue weighted by molar-refractivity contribution is -0.139. The van der Waals surface area contributed by atoms with Crippen molar-refractivity contribution < 1.29 is 18.8 Å². The third-order valence-corrected chi connectivity index (χ3v) is 6.63. The van der Waals surface area contributed by atoms with E-state index in [4.69, 9.17) is 0 Å². The Balaban J connectivity index is 1.81. The van der Waals surface area contributed by atoms with Crippen molar-refractivity contribution >= 4 is 17.7 Å². The minimum atomic E-state index is -0.667. The summed E-state index contributed by atoms with van der Waals surface area (Å²) in [7, 11) is 0. The molecule has 3 amide bonds. The molecule has 1 unspecified atom stereocenters. The minimum absolute atomic E-state index is 0.0195. The Labute approximate surface area is 218 Å². The third kappa shape index (κ3) is 7.24. The molecule has 0 bridgehead atoms. The van der Waals surface area contributed by atoms with Crippen LogP contribution < -0.4 is 5.32 Å². The van der Waals surface area contributed by atoms with Gasteiger partial charge in [0.2, 0.25) is 11.8 Å². The van der Waals surface area contributed by atoms with Gasteiger partial charge in [-0.05, 0) is 70.9 Å². The molecule has 1 aromatic heterocycles. The van der Waals surface area contributed by atoms with Gasteiger partial charge in [0.25, 0.3) is 5.91 Å². The molecule has 1 N–H and O–H groups in total. The maximum atomic E-state index is 13.7. The van der Waals surface area contributed by atoms with E-state index in [0.29, 0.717) is 24.2 Å². The second-order valence-corrected chi connectivity index (χ2v) is 10.0. The molecular formula is C29H37FN4O3. The molecule has 0 saturated carbocycles. The largest absolute Gasteiger partial charge is 0.356 e. The van der Waals surface area contributed by atoms with Crippen LogP contribution >= 0.6 is 0 Å². The van der Waals surface area contributed by atoms with Crippen LogP contribution in [0.5, 0.6) is 0 Å². The van der Waals surface area contributed by atoms with Crippen LogP contribution in [0.3, 0.4) is 0 Å². The van der Waals surface area contributed by atoms with Crippen molar-refractivity contribution in [3.63, 3.8) is 0 Å². The predicted octanol–water partition coefficient (Wildman–Crippen LogP) is 4.24. The predicted molar refractivity (Wildman–Crippen MR) is 140 cm³/mol. The lowest BCUT2D eigenvalue weighted by Crippen LogP contribution is -2.47. The van der Waals surface area contributed by atoms with E-state index in [-0.39, 0.29) is 55.0 Å². The first-order valence-electron chi connectivity index (χ1n) is 12.8. The highest BCUT2D eigenvalue weighted by Gasteiger charge is 2.38. The number of amides is 3. The molecule has 0 fully saturated rings. The summed E-state index contributed by atoms with van der Waals surface area (Å²) in [6, 6.07) is 11.5. The Bertz CT molecular complexity index is 1120. The number of halogens is 1. The van der Waals surface area contributed by atoms with E-state index in [1.807, 2.05) is 45.9 Å². The third-order valence-electron chi connectivity index (χ3n) is 6.63. The lowest BCUT2D eigenvalue weighted by atomic mass is 9.87. The second kappa shape index (κ2) is 12.6. The standard InChI is InChI=1S/C29H37FN4O3/c1-19(2)34(20(3)4)29(37)26-16-23(17-27(35)32-15-13-25-8-6-7-14-31-25)28(36)33(21(26)5)18-22-9-11-24(30)12-10-22/h6-12,14,19-20,23H,13,15-18H2,1-5H3,(H,32,35). The molecular weight excluding hydrogens is 471 g/mol. The van der Waals surface area contributed by atoms with Crippen molar-refractivity contribution in [1.29, 1.82) is 0 Å². The Hall–Kier alpha value is -3.55. The van der Waals surface area contributed by atoms with E-state index >= 15 is 0 Å². The summed E-state index contributed by atoms with van der Waals surface area (Å²) in [5.41, 5.74) is 2.73. The number of nitrogens with one attached hydrogen (secondary N) is 1. The monoisotopic (exact) mass is 508 g/mol. The highest BCUT2D eigenvalue weighted by atomic mass is 19.1. The first-order valence-corrected chi connectivity index (χ1v) is 12.8. The summed E-state index contributed by atoms with van der Waals surface area (Å²) >= 11 is 0. The zero-order valence-electron chi connectivity index (χ0n) is 22.3. The molecule has 37 heavy (non-hydrogen) atoms. The fourth-order valence-corrected chi connectivity index (χ4v) is 4.79. The van der Waals surface area contributed by atoms with E-state index in [2.05, 4.69) is 10.3 Å². The van der Waals surface area contributed by atoms with Gasteiger partial charge in [0.05, 0.1) is 12.5 Å². The van der Waals surface area contributed by atoms with Crippen molar-refractivity contribution in [2.75, 3.05) is 6.54 Å². The van der Waals surface area contributed by atoms with Crippen molar-refractivity contribution in [3.8, 4) is 0 Å². The fourth-order valence-electron chi connectivity index (χ4n) is 4.79. The summed E-state index contributed by atoms with van der Waals surface area (Å²) in [4.78, 5) is 47.6. The molecule has 8 heteroatoms. The summed E-state index contributed by atoms with van der Waals surface area (Å²) in [6.45, 7) is 10.2. The highest BCUT2D eigenvalue weighted by Crippen LogP contribution is 2.32. The van der Waals surface area contributed by atoms with Gasteiger partial charge >= 0.3 is 0 Å². The lowest BCUT2D eigenvalue weighted by Gasteiger charge is -2.38. The average Bonchev–Trinajstić information content (AvgIpc) is 2.84. The van der Waals surface area contributed by atoms with Crippen LogP contribution in [0, 0.1) is 11.7 Å². The van der Waals surface area contributed by atoms with E-state index in [9.17, 15) is 18.8 Å². The highest BCUT2D eigenvalue weighted by molar-refractivity contribution is 5.98. The van der Waals surface area contributed by atoms with Crippen molar-refractivity contribution in [2.24, 2.45) is 5.92 Å². The summed E-state index contributed by atoms with van der Waals surface area (Å²) < 4.78 is 13.5. The van der Waals surface area contributed by atoms with Crippen LogP contribution in [0.4, 0.5) is 4.39 Å². The topological polar surface area (TPSA) is 82.6 Å². The second-order valence-electron chi connectivity index (χ2n) is 10.0. The van der Waals surface area contributed by atoms with Gasteiger partial charge in [-0.15, -0.1) is 0 Å². The van der Waals surface area contributed by atoms with Crippen LogP contribution in [-0.4, -0.2) is 51.1 Å². The first kappa shape index (κ1) is 28.0. The minimum Gasteiger partial charge on any atom is -0.356 e. The van der Waals surface area contributed by atoms with Crippen LogP contribution in [0.15, 0.2) is 59.9 Å². The summed E-state index contributed by atoms with van der Waals surface area (Å²) in [5, 5.41) is 2.88. The quantitative estimate of drug-likeness (QED) is 0.521. The number of carbonyl (C=O) groups excluding carboxylic acids is 3. The van der Waals surface area contributed by atoms with E-state index in [0.717, 1.165) is 11.3 Å². The molecule has 2 heterocycles. The van der Waals surface area contributed by atoms with Crippen LogP contribution in [-0.2, 0) is 27.3 Å². The molecule has 0 aliphatic carbocycles. The summed E-state index contributed by atoms with van der Waals surface area (Å²) in [6.07, 6.45) is 2.47. The average molecular weight is 509 g/mol. The Morgan fingerprint density at radius 2 is 1.78 bits per heavy atom. The zero-order chi connectivity index (χ0) is 27.1. The number of allylic oxidation sites excluding steroid dienone is 1. The molecule has 0 spiro atoms. The SMILES string of the molecule is CC1=C(C(=O)N(C(C)C)C(C)C)CC(CC(=O)NCCc2ccccn2)C(=O)N1Cc1ccc(F)cc1. The number of pyridine rings is 1. The van der Waals surface area contributed by atoms with Gasteiger partial charge in [-0.2, -0.15) is 0 Å². The van der Waals surface area contributed by atoms with Gasteiger partial charge in [0, 0.05) is 54.6 Å². The molecule has 1 atom stereocenters. The Kier molecular flexibility index (Phi) is 9.55. The van der Waals surface area contributed by atoms with Crippen molar-refractivity contribution in [2.45, 2.75) is 72.5 Å². The van der Waals surface area contributed by atoms with Gasteiger partial charge in [-0.1, -0.05) is 18.2 Å². The molecule has 1 aliphatic rings. The van der Waals surface area contributed by atoms with Gasteiger partial charge < -0.3 is 15.1 Å². The molecule has 0 saturated heterocycles. The van der Waals surface area contributed by atoms with Crippen molar-refractivity contribution in [1.82, 2.24) is 20.1 Å². The van der Waals surface area contributed by atoms with Crippen molar-refractivity contribution in [3.05, 3.63) is 77.0 Å². The summed E-state index contributed by atoms with van der Waals surface area (Å²) in [5.74, 6) is -1.61. The Morgan fingerprint density at radius 1 is 1.11 bits per heavy atom. The zero-order valence-corrected chi connectivity index (χ0v) is 22.3. The van der Waals surface area contributed by atoms with Crippen LogP contribution in [0.1, 0.15) is 58.7 Å². The maximum absolute atomic E-state index is 13.7. The maximum Gasteiger partial charge on any atom is 0.252 e. The molecule has 3 rings (SSSR count). The van der Waals surface area contributed by atoms with Crippen LogP contribution in [0.25, 0.3) is 0 Å². The normalized spacial score (nSPS) is 15.9. The van der Waals surface area contributed by atoms with Crippen LogP contribution in [0.2, 0.25) is 0 Å². The molecule has 0 radical (unpaired) electrons. The number of hydrogen-bond acceptors (Lipinski definition) is 4. The van der Waals surface area contributed by atoms with Gasteiger partial charge in [-0.25, -0.2) is 4.39 Å². The number of carbonyl (C=O) groups is 3. The van der Waals surface area contributed by atoms with E-state index < -0.39 is 5.92 Å². The molecule has 7 nitrogen and oxygen atoms in total. The molecule has 1 aromatic carbocycles. The molecule has 198 valence electrons. The first-order chi connectivity index (χ1) is 17.6. The number of rotatable bonds is 10. The van der Waals surface area contributed by atoms with Gasteiger partial charge in [-0.3, -0.25) is 19.4 Å². The van der Waals surface area contributed by atoms with E-state index in [1.54, 1.807) is 35.1 Å². The Morgan fingerprint density at radius 3 is 2.38 bits per heavy atom. The number of benzene rings is 1. The number of aromatic nitrogens is 1. The number of hydrogen-bond donors (Lipinski definition) is 1. The number of nitrogens with zero attached hydrogens (tertiary/aromatic N) is 3. The molecule has 1 aliphatic heterocycles. The van der Waals surface area contributed by atoms with E-state index in [1.165, 1.54) is 12.1 Å². The smallest absolute Gasteiger partial charge is 0.252 e. The molecule has 2 aromatic rings. The van der Waals surface area contributed by atoms with Gasteiger partial charge in [0.1, 0.15) is 5.82 Å². The fraction of sp³-hybridized carbons (Fsp3) is 0.448.